The van der Waals surface area contributed by atoms with Crippen molar-refractivity contribution in [3.05, 3.63) is 21.9 Å². The fraction of sp³-hybridized carbons (Fsp3) is 0.444. The third-order valence-electron chi connectivity index (χ3n) is 1.72. The zero-order valence-electron chi connectivity index (χ0n) is 7.04. The molecule has 0 saturated carbocycles. The highest BCUT2D eigenvalue weighted by Gasteiger charge is 2.08. The topological polar surface area (TPSA) is 37.3 Å². The SMILES string of the molecule is Cc1sccc1C(=O)CCCO. The quantitative estimate of drug-likeness (QED) is 0.727. The predicted molar refractivity (Wildman–Crippen MR) is 49.7 cm³/mol. The summed E-state index contributed by atoms with van der Waals surface area (Å²) in [6.07, 6.45) is 1.02. The molecule has 0 atom stereocenters. The molecular weight excluding hydrogens is 172 g/mol. The van der Waals surface area contributed by atoms with Gasteiger partial charge in [-0.1, -0.05) is 0 Å². The molecule has 1 N–H and O–H groups in total. The third kappa shape index (κ3) is 2.16. The minimum Gasteiger partial charge on any atom is -0.396 e. The highest BCUT2D eigenvalue weighted by atomic mass is 32.1. The summed E-state index contributed by atoms with van der Waals surface area (Å²) >= 11 is 1.58. The maximum absolute atomic E-state index is 11.4. The van der Waals surface area contributed by atoms with Crippen LogP contribution in [0.1, 0.15) is 28.1 Å². The van der Waals surface area contributed by atoms with Crippen molar-refractivity contribution in [2.24, 2.45) is 0 Å². The molecule has 0 spiro atoms. The van der Waals surface area contributed by atoms with Crippen LogP contribution >= 0.6 is 11.3 Å². The van der Waals surface area contributed by atoms with Crippen molar-refractivity contribution in [3.8, 4) is 0 Å². The van der Waals surface area contributed by atoms with Gasteiger partial charge in [-0.3, -0.25) is 4.79 Å². The second kappa shape index (κ2) is 4.38. The lowest BCUT2D eigenvalue weighted by Crippen LogP contribution is -1.99. The molecule has 0 aliphatic heterocycles. The molecular formula is C9H12O2S. The van der Waals surface area contributed by atoms with Gasteiger partial charge in [0.25, 0.3) is 0 Å². The van der Waals surface area contributed by atoms with Gasteiger partial charge in [0, 0.05) is 23.5 Å². The van der Waals surface area contributed by atoms with Gasteiger partial charge in [0.2, 0.25) is 0 Å². The number of carbonyl (C=O) groups is 1. The fourth-order valence-corrected chi connectivity index (χ4v) is 1.77. The first-order valence-corrected chi connectivity index (χ1v) is 4.82. The molecule has 3 heteroatoms. The van der Waals surface area contributed by atoms with Crippen LogP contribution < -0.4 is 0 Å². The third-order valence-corrected chi connectivity index (χ3v) is 2.57. The average Bonchev–Trinajstić information content (AvgIpc) is 2.47. The molecule has 2 nitrogen and oxygen atoms in total. The normalized spacial score (nSPS) is 10.2. The van der Waals surface area contributed by atoms with Crippen molar-refractivity contribution in [1.82, 2.24) is 0 Å². The molecule has 12 heavy (non-hydrogen) atoms. The van der Waals surface area contributed by atoms with E-state index in [0.717, 1.165) is 10.4 Å². The van der Waals surface area contributed by atoms with Crippen LogP contribution in [0.3, 0.4) is 0 Å². The molecule has 1 aromatic rings. The van der Waals surface area contributed by atoms with Crippen molar-refractivity contribution >= 4 is 17.1 Å². The van der Waals surface area contributed by atoms with E-state index in [1.165, 1.54) is 0 Å². The maximum Gasteiger partial charge on any atom is 0.164 e. The molecule has 1 aromatic heterocycles. The van der Waals surface area contributed by atoms with Crippen LogP contribution in [0.2, 0.25) is 0 Å². The maximum atomic E-state index is 11.4. The van der Waals surface area contributed by atoms with Gasteiger partial charge in [0.1, 0.15) is 0 Å². The van der Waals surface area contributed by atoms with Crippen LogP contribution in [0.15, 0.2) is 11.4 Å². The number of aryl methyl sites for hydroxylation is 1. The van der Waals surface area contributed by atoms with E-state index in [4.69, 9.17) is 5.11 Å². The number of hydrogen-bond acceptors (Lipinski definition) is 3. The Bertz CT molecular complexity index is 265. The number of hydrogen-bond donors (Lipinski definition) is 1. The Hall–Kier alpha value is -0.670. The Morgan fingerprint density at radius 3 is 2.92 bits per heavy atom. The fourth-order valence-electron chi connectivity index (χ4n) is 1.05. The highest BCUT2D eigenvalue weighted by molar-refractivity contribution is 7.10. The molecule has 0 amide bonds. The van der Waals surface area contributed by atoms with E-state index in [1.807, 2.05) is 18.4 Å². The summed E-state index contributed by atoms with van der Waals surface area (Å²) < 4.78 is 0. The van der Waals surface area contributed by atoms with E-state index >= 15 is 0 Å². The zero-order chi connectivity index (χ0) is 8.97. The number of carbonyl (C=O) groups excluding carboxylic acids is 1. The summed E-state index contributed by atoms with van der Waals surface area (Å²) in [5.41, 5.74) is 0.813. The molecule has 0 radical (unpaired) electrons. The van der Waals surface area contributed by atoms with Crippen molar-refractivity contribution in [1.29, 1.82) is 0 Å². The first-order valence-electron chi connectivity index (χ1n) is 3.94. The molecule has 0 aliphatic rings. The highest BCUT2D eigenvalue weighted by Crippen LogP contribution is 2.17. The van der Waals surface area contributed by atoms with E-state index < -0.39 is 0 Å². The Morgan fingerprint density at radius 1 is 1.67 bits per heavy atom. The van der Waals surface area contributed by atoms with Gasteiger partial charge in [0.15, 0.2) is 5.78 Å². The van der Waals surface area contributed by atoms with Gasteiger partial charge in [-0.05, 0) is 24.8 Å². The van der Waals surface area contributed by atoms with Crippen LogP contribution in [-0.2, 0) is 0 Å². The van der Waals surface area contributed by atoms with E-state index in [9.17, 15) is 4.79 Å². The summed E-state index contributed by atoms with van der Waals surface area (Å²) in [6, 6.07) is 1.85. The number of Topliss-reactive ketones (excluding diaryl/α,β-unsaturated/α-hetero) is 1. The first-order chi connectivity index (χ1) is 5.75. The smallest absolute Gasteiger partial charge is 0.164 e. The van der Waals surface area contributed by atoms with E-state index in [0.29, 0.717) is 12.8 Å². The van der Waals surface area contributed by atoms with Crippen molar-refractivity contribution in [3.63, 3.8) is 0 Å². The van der Waals surface area contributed by atoms with Gasteiger partial charge >= 0.3 is 0 Å². The Labute approximate surface area is 75.9 Å². The van der Waals surface area contributed by atoms with E-state index in [2.05, 4.69) is 0 Å². The monoisotopic (exact) mass is 184 g/mol. The number of aliphatic hydroxyl groups is 1. The number of thiophene rings is 1. The Kier molecular flexibility index (Phi) is 3.44. The lowest BCUT2D eigenvalue weighted by molar-refractivity contribution is 0.0971. The lowest BCUT2D eigenvalue weighted by Gasteiger charge is -1.96. The van der Waals surface area contributed by atoms with Crippen LogP contribution in [-0.4, -0.2) is 17.5 Å². The lowest BCUT2D eigenvalue weighted by atomic mass is 10.1. The number of aliphatic hydroxyl groups excluding tert-OH is 1. The number of ketones is 1. The van der Waals surface area contributed by atoms with E-state index in [1.54, 1.807) is 11.3 Å². The van der Waals surface area contributed by atoms with E-state index in [-0.39, 0.29) is 12.4 Å². The minimum atomic E-state index is 0.0922. The zero-order valence-corrected chi connectivity index (χ0v) is 7.86. The van der Waals surface area contributed by atoms with Gasteiger partial charge in [0.05, 0.1) is 0 Å². The summed E-state index contributed by atoms with van der Waals surface area (Å²) in [4.78, 5) is 12.4. The second-order valence-corrected chi connectivity index (χ2v) is 3.76. The molecule has 0 aliphatic carbocycles. The summed E-state index contributed by atoms with van der Waals surface area (Å²) in [7, 11) is 0. The largest absolute Gasteiger partial charge is 0.396 e. The number of rotatable bonds is 4. The van der Waals surface area contributed by atoms with Crippen LogP contribution in [0.5, 0.6) is 0 Å². The Balaban J connectivity index is 2.59. The predicted octanol–water partition coefficient (Wildman–Crippen LogP) is 2.01. The van der Waals surface area contributed by atoms with Crippen molar-refractivity contribution in [2.45, 2.75) is 19.8 Å². The second-order valence-electron chi connectivity index (χ2n) is 2.64. The van der Waals surface area contributed by atoms with Crippen molar-refractivity contribution in [2.75, 3.05) is 6.61 Å². The summed E-state index contributed by atoms with van der Waals surface area (Å²) in [6.45, 7) is 2.03. The standard InChI is InChI=1S/C9H12O2S/c1-7-8(4-6-12-7)9(11)3-2-5-10/h4,6,10H,2-3,5H2,1H3. The van der Waals surface area contributed by atoms with Crippen molar-refractivity contribution < 1.29 is 9.90 Å². The molecule has 66 valence electrons. The summed E-state index contributed by atoms with van der Waals surface area (Å²) in [5.74, 6) is 0.141. The molecule has 0 saturated heterocycles. The minimum absolute atomic E-state index is 0.0922. The molecule has 0 unspecified atom stereocenters. The van der Waals surface area contributed by atoms with Gasteiger partial charge < -0.3 is 5.11 Å². The van der Waals surface area contributed by atoms with Gasteiger partial charge in [-0.15, -0.1) is 11.3 Å². The van der Waals surface area contributed by atoms with Crippen LogP contribution in [0.4, 0.5) is 0 Å². The summed E-state index contributed by atoms with van der Waals surface area (Å²) in [5, 5.41) is 10.5. The van der Waals surface area contributed by atoms with Gasteiger partial charge in [-0.2, -0.15) is 0 Å². The average molecular weight is 184 g/mol. The van der Waals surface area contributed by atoms with Crippen LogP contribution in [0, 0.1) is 6.92 Å². The molecule has 0 bridgehead atoms. The van der Waals surface area contributed by atoms with Crippen LogP contribution in [0.25, 0.3) is 0 Å². The molecule has 1 heterocycles. The first kappa shape index (κ1) is 9.42. The molecule has 0 fully saturated rings. The van der Waals surface area contributed by atoms with Gasteiger partial charge in [-0.25, -0.2) is 0 Å². The molecule has 1 rings (SSSR count). The Morgan fingerprint density at radius 2 is 2.42 bits per heavy atom. The molecule has 0 aromatic carbocycles.